The molecular weight excluding hydrogens is 461 g/mol. The van der Waals surface area contributed by atoms with Crippen LogP contribution in [0.4, 0.5) is 0 Å². The topological polar surface area (TPSA) is 92.0 Å². The van der Waals surface area contributed by atoms with Crippen LogP contribution in [0.1, 0.15) is 40.2 Å². The Morgan fingerprint density at radius 2 is 1.88 bits per heavy atom. The number of rotatable bonds is 5. The Morgan fingerprint density at radius 3 is 2.52 bits per heavy atom. The molecule has 7 nitrogen and oxygen atoms in total. The Morgan fingerprint density at radius 1 is 1.12 bits per heavy atom. The molecular formula is C24H21Cl2N5O2. The van der Waals surface area contributed by atoms with Crippen molar-refractivity contribution in [3.05, 3.63) is 81.5 Å². The summed E-state index contributed by atoms with van der Waals surface area (Å²) in [6, 6.07) is 10.9. The van der Waals surface area contributed by atoms with Crippen LogP contribution in [0, 0.1) is 24.2 Å². The number of nitriles is 1. The van der Waals surface area contributed by atoms with Crippen molar-refractivity contribution in [3.8, 4) is 11.9 Å². The Balaban J connectivity index is 1.60. The summed E-state index contributed by atoms with van der Waals surface area (Å²) in [7, 11) is 0. The van der Waals surface area contributed by atoms with Gasteiger partial charge in [-0.25, -0.2) is 15.0 Å². The van der Waals surface area contributed by atoms with E-state index in [1.807, 2.05) is 25.1 Å². The second-order valence-corrected chi connectivity index (χ2v) is 8.81. The number of aromatic nitrogens is 3. The van der Waals surface area contributed by atoms with E-state index in [1.165, 1.54) is 6.20 Å². The molecule has 0 spiro atoms. The quantitative estimate of drug-likeness (QED) is 0.525. The van der Waals surface area contributed by atoms with Crippen LogP contribution in [0.5, 0.6) is 5.88 Å². The lowest BCUT2D eigenvalue weighted by molar-refractivity contribution is 0.0769. The van der Waals surface area contributed by atoms with Crippen LogP contribution >= 0.6 is 23.2 Å². The highest BCUT2D eigenvalue weighted by molar-refractivity contribution is 6.42. The van der Waals surface area contributed by atoms with Gasteiger partial charge in [0.25, 0.3) is 5.91 Å². The van der Waals surface area contributed by atoms with Crippen molar-refractivity contribution < 1.29 is 9.53 Å². The van der Waals surface area contributed by atoms with Crippen molar-refractivity contribution in [1.29, 1.82) is 5.26 Å². The summed E-state index contributed by atoms with van der Waals surface area (Å²) in [4.78, 5) is 27.5. The molecule has 1 amide bonds. The van der Waals surface area contributed by atoms with Crippen LogP contribution in [-0.4, -0.2) is 45.0 Å². The molecule has 1 aromatic carbocycles. The molecule has 3 heterocycles. The molecule has 3 atom stereocenters. The third-order valence-corrected chi connectivity index (χ3v) is 6.57. The van der Waals surface area contributed by atoms with Gasteiger partial charge in [-0.2, -0.15) is 5.26 Å². The number of aryl methyl sites for hydroxylation is 1. The van der Waals surface area contributed by atoms with Crippen molar-refractivity contribution in [2.24, 2.45) is 5.92 Å². The molecule has 1 aliphatic rings. The Kier molecular flexibility index (Phi) is 6.77. The van der Waals surface area contributed by atoms with Gasteiger partial charge in [0.05, 0.1) is 21.2 Å². The van der Waals surface area contributed by atoms with Gasteiger partial charge in [0.15, 0.2) is 0 Å². The summed E-state index contributed by atoms with van der Waals surface area (Å²) in [6.45, 7) is 4.70. The zero-order chi connectivity index (χ0) is 23.5. The first-order valence-electron chi connectivity index (χ1n) is 10.4. The molecule has 33 heavy (non-hydrogen) atoms. The average Bonchev–Trinajstić information content (AvgIpc) is 3.27. The minimum atomic E-state index is -0.267. The van der Waals surface area contributed by atoms with E-state index >= 15 is 0 Å². The molecule has 0 saturated carbocycles. The van der Waals surface area contributed by atoms with Crippen molar-refractivity contribution in [2.45, 2.75) is 25.9 Å². The molecule has 0 radical (unpaired) electrons. The van der Waals surface area contributed by atoms with Crippen LogP contribution in [0.2, 0.25) is 10.0 Å². The number of benzene rings is 1. The third kappa shape index (κ3) is 5.08. The minimum Gasteiger partial charge on any atom is -0.474 e. The summed E-state index contributed by atoms with van der Waals surface area (Å²) >= 11 is 12.4. The molecule has 1 aliphatic heterocycles. The largest absolute Gasteiger partial charge is 0.474 e. The zero-order valence-corrected chi connectivity index (χ0v) is 19.6. The molecule has 0 bridgehead atoms. The van der Waals surface area contributed by atoms with Crippen molar-refractivity contribution in [2.75, 3.05) is 13.1 Å². The monoisotopic (exact) mass is 481 g/mol. The number of halogens is 2. The van der Waals surface area contributed by atoms with Crippen molar-refractivity contribution >= 4 is 29.1 Å². The van der Waals surface area contributed by atoms with E-state index < -0.39 is 0 Å². The summed E-state index contributed by atoms with van der Waals surface area (Å²) in [6.07, 6.45) is 4.30. The second-order valence-electron chi connectivity index (χ2n) is 7.99. The molecule has 2 aromatic heterocycles. The zero-order valence-electron chi connectivity index (χ0n) is 18.1. The van der Waals surface area contributed by atoms with Gasteiger partial charge in [-0.15, -0.1) is 0 Å². The first-order valence-corrected chi connectivity index (χ1v) is 11.2. The molecule has 9 heteroatoms. The van der Waals surface area contributed by atoms with Crippen molar-refractivity contribution in [1.82, 2.24) is 19.9 Å². The lowest BCUT2D eigenvalue weighted by atomic mass is 9.86. The highest BCUT2D eigenvalue weighted by atomic mass is 35.5. The SMILES string of the molecule is Cc1ncc(C(=O)N2CC([C@H](C)Oc3ccc(C#N)cn3)[C@@H](c3ccc(Cl)c(Cl)c3)C2)cn1. The van der Waals surface area contributed by atoms with Crippen LogP contribution < -0.4 is 4.74 Å². The average molecular weight is 482 g/mol. The van der Waals surface area contributed by atoms with Gasteiger partial charge >= 0.3 is 0 Å². The standard InChI is InChI=1S/C24H21Cl2N5O2/c1-14(33-23-6-3-16(8-27)9-30-23)19-12-31(24(32)18-10-28-15(2)29-11-18)13-20(19)17-4-5-21(25)22(26)7-17/h3-7,9-11,14,19-20H,12-13H2,1-2H3/t14-,19?,20+/m0/s1. The summed E-state index contributed by atoms with van der Waals surface area (Å²) < 4.78 is 6.11. The maximum Gasteiger partial charge on any atom is 0.257 e. The molecule has 0 N–H and O–H groups in total. The fourth-order valence-corrected chi connectivity index (χ4v) is 4.35. The highest BCUT2D eigenvalue weighted by Gasteiger charge is 2.40. The van der Waals surface area contributed by atoms with E-state index in [0.29, 0.717) is 46.0 Å². The minimum absolute atomic E-state index is 0.0246. The Labute approximate surface area is 202 Å². The maximum atomic E-state index is 13.2. The number of carbonyl (C=O) groups excluding carboxylic acids is 1. The molecule has 1 unspecified atom stereocenters. The van der Waals surface area contributed by atoms with Crippen LogP contribution in [0.15, 0.2) is 48.9 Å². The Hall–Kier alpha value is -3.21. The first-order chi connectivity index (χ1) is 15.9. The summed E-state index contributed by atoms with van der Waals surface area (Å²) in [5.41, 5.74) is 1.88. The summed E-state index contributed by atoms with van der Waals surface area (Å²) in [5.74, 6) is 0.840. The number of ether oxygens (including phenoxy) is 1. The molecule has 3 aromatic rings. The van der Waals surface area contributed by atoms with E-state index in [1.54, 1.807) is 42.4 Å². The van der Waals surface area contributed by atoms with Gasteiger partial charge in [0, 0.05) is 49.6 Å². The molecule has 0 aliphatic carbocycles. The van der Waals surface area contributed by atoms with E-state index in [-0.39, 0.29) is 23.8 Å². The van der Waals surface area contributed by atoms with Gasteiger partial charge in [0.1, 0.15) is 18.0 Å². The van der Waals surface area contributed by atoms with Gasteiger partial charge < -0.3 is 9.64 Å². The number of hydrogen-bond donors (Lipinski definition) is 0. The lowest BCUT2D eigenvalue weighted by Crippen LogP contribution is -2.32. The van der Waals surface area contributed by atoms with Gasteiger partial charge in [-0.05, 0) is 37.6 Å². The second kappa shape index (κ2) is 9.74. The summed E-state index contributed by atoms with van der Waals surface area (Å²) in [5, 5.41) is 9.92. The third-order valence-electron chi connectivity index (χ3n) is 5.83. The number of nitrogens with zero attached hydrogens (tertiary/aromatic N) is 5. The number of likely N-dealkylation sites (tertiary alicyclic amines) is 1. The number of carbonyl (C=O) groups is 1. The van der Waals surface area contributed by atoms with Gasteiger partial charge in [-0.1, -0.05) is 29.3 Å². The van der Waals surface area contributed by atoms with E-state index in [0.717, 1.165) is 5.56 Å². The smallest absolute Gasteiger partial charge is 0.257 e. The maximum absolute atomic E-state index is 13.2. The van der Waals surface area contributed by atoms with E-state index in [2.05, 4.69) is 15.0 Å². The van der Waals surface area contributed by atoms with Crippen molar-refractivity contribution in [3.63, 3.8) is 0 Å². The number of amides is 1. The van der Waals surface area contributed by atoms with Gasteiger partial charge in [-0.3, -0.25) is 4.79 Å². The van der Waals surface area contributed by atoms with Gasteiger partial charge in [0.2, 0.25) is 5.88 Å². The van der Waals surface area contributed by atoms with Crippen LogP contribution in [0.25, 0.3) is 0 Å². The lowest BCUT2D eigenvalue weighted by Gasteiger charge is -2.25. The fraction of sp³-hybridized carbons (Fsp3) is 0.292. The van der Waals surface area contributed by atoms with Crippen LogP contribution in [0.3, 0.4) is 0 Å². The Bertz CT molecular complexity index is 1190. The van der Waals surface area contributed by atoms with E-state index in [4.69, 9.17) is 33.2 Å². The van der Waals surface area contributed by atoms with E-state index in [9.17, 15) is 4.79 Å². The normalized spacial score (nSPS) is 18.6. The molecule has 1 saturated heterocycles. The predicted molar refractivity (Wildman–Crippen MR) is 124 cm³/mol. The molecule has 1 fully saturated rings. The van der Waals surface area contributed by atoms with Crippen LogP contribution in [-0.2, 0) is 0 Å². The molecule has 168 valence electrons. The number of hydrogen-bond acceptors (Lipinski definition) is 6. The highest BCUT2D eigenvalue weighted by Crippen LogP contribution is 2.38. The predicted octanol–water partition coefficient (Wildman–Crippen LogP) is 4.68. The fourth-order valence-electron chi connectivity index (χ4n) is 4.05. The molecule has 4 rings (SSSR count). The first kappa shape index (κ1) is 23.0. The number of pyridine rings is 1.